The molecule has 2 N–H and O–H groups in total. The Balaban J connectivity index is 2.67. The molecule has 1 aromatic carbocycles. The Morgan fingerprint density at radius 3 is 2.67 bits per heavy atom. The number of urea groups is 1. The molecule has 132 valence electrons. The number of nitrogens with zero attached hydrogens (tertiary/aromatic N) is 3. The van der Waals surface area contributed by atoms with Gasteiger partial charge in [0, 0.05) is 6.42 Å². The van der Waals surface area contributed by atoms with E-state index >= 15 is 0 Å². The van der Waals surface area contributed by atoms with Crippen LogP contribution in [0.5, 0.6) is 0 Å². The first-order chi connectivity index (χ1) is 11.2. The summed E-state index contributed by atoms with van der Waals surface area (Å²) >= 11 is 3.66. The van der Waals surface area contributed by atoms with E-state index in [-0.39, 0.29) is 17.0 Å². The Morgan fingerprint density at radius 1 is 1.42 bits per heavy atom. The van der Waals surface area contributed by atoms with E-state index in [1.165, 1.54) is 12.1 Å². The molecular weight excluding hydrogens is 349 g/mol. The maximum absolute atomic E-state index is 12.6. The lowest BCUT2D eigenvalue weighted by Gasteiger charge is -2.19. The number of amides is 3. The van der Waals surface area contributed by atoms with Crippen LogP contribution in [0.3, 0.4) is 0 Å². The lowest BCUT2D eigenvalue weighted by Crippen LogP contribution is -2.44. The van der Waals surface area contributed by atoms with Crippen molar-refractivity contribution in [2.75, 3.05) is 0 Å². The van der Waals surface area contributed by atoms with Gasteiger partial charge in [-0.25, -0.2) is 10.3 Å². The number of hydrazone groups is 1. The van der Waals surface area contributed by atoms with Gasteiger partial charge in [0.15, 0.2) is 0 Å². The third kappa shape index (κ3) is 5.74. The molecule has 11 heteroatoms. The van der Waals surface area contributed by atoms with Gasteiger partial charge < -0.3 is 0 Å². The number of hydrogen-bond acceptors (Lipinski definition) is 6. The van der Waals surface area contributed by atoms with Crippen molar-refractivity contribution in [3.63, 3.8) is 0 Å². The number of carbonyl (C=O) groups is 2. The van der Waals surface area contributed by atoms with E-state index in [0.29, 0.717) is 10.8 Å². The summed E-state index contributed by atoms with van der Waals surface area (Å²) in [4.78, 5) is 22.9. The summed E-state index contributed by atoms with van der Waals surface area (Å²) in [6.45, 7) is 1.69. The molecule has 0 spiro atoms. The summed E-state index contributed by atoms with van der Waals surface area (Å²) < 4.78 is 38.1. The molecule has 0 unspecified atom stereocenters. The Bertz CT molecular complexity index is 625. The summed E-state index contributed by atoms with van der Waals surface area (Å²) in [6.07, 6.45) is -3.09. The minimum Gasteiger partial charge on any atom is -0.277 e. The lowest BCUT2D eigenvalue weighted by molar-refractivity contribution is -0.154. The topological polar surface area (TPSA) is 85.2 Å². The SMILES string of the molecule is CCCC(=O)N(O)C(=O)N(S)N/N=C/c1cccc(C(F)(F)F)c1. The van der Waals surface area contributed by atoms with Gasteiger partial charge in [-0.3, -0.25) is 10.0 Å². The maximum atomic E-state index is 12.6. The number of thiol groups is 1. The summed E-state index contributed by atoms with van der Waals surface area (Å²) in [7, 11) is 0. The van der Waals surface area contributed by atoms with Crippen molar-refractivity contribution in [3.05, 3.63) is 35.4 Å². The van der Waals surface area contributed by atoms with Crippen molar-refractivity contribution in [1.29, 1.82) is 0 Å². The molecule has 0 aliphatic carbocycles. The first-order valence-corrected chi connectivity index (χ1v) is 7.07. The van der Waals surface area contributed by atoms with E-state index in [1.54, 1.807) is 6.92 Å². The summed E-state index contributed by atoms with van der Waals surface area (Å²) in [5, 5.41) is 12.7. The second-order valence-corrected chi connectivity index (χ2v) is 4.93. The molecule has 0 fully saturated rings. The number of hydrogen-bond donors (Lipinski definition) is 3. The van der Waals surface area contributed by atoms with Gasteiger partial charge in [-0.2, -0.15) is 22.7 Å². The predicted molar refractivity (Wildman–Crippen MR) is 81.9 cm³/mol. The second-order valence-electron chi connectivity index (χ2n) is 4.53. The molecular formula is C13H15F3N4O3S. The maximum Gasteiger partial charge on any atom is 0.416 e. The normalized spacial score (nSPS) is 11.4. The van der Waals surface area contributed by atoms with Crippen molar-refractivity contribution in [1.82, 2.24) is 15.0 Å². The van der Waals surface area contributed by atoms with E-state index in [1.807, 2.05) is 5.53 Å². The molecule has 3 amide bonds. The van der Waals surface area contributed by atoms with Gasteiger partial charge in [-0.1, -0.05) is 19.1 Å². The third-order valence-electron chi connectivity index (χ3n) is 2.64. The van der Waals surface area contributed by atoms with E-state index in [9.17, 15) is 28.0 Å². The van der Waals surface area contributed by atoms with E-state index < -0.39 is 23.7 Å². The molecule has 0 radical (unpaired) electrons. The number of benzene rings is 1. The fourth-order valence-electron chi connectivity index (χ4n) is 1.51. The molecule has 0 aliphatic rings. The average Bonchev–Trinajstić information content (AvgIpc) is 2.53. The quantitative estimate of drug-likeness (QED) is 0.325. The van der Waals surface area contributed by atoms with Crippen LogP contribution in [-0.2, 0) is 11.0 Å². The first kappa shape index (κ1) is 19.8. The van der Waals surface area contributed by atoms with Crippen molar-refractivity contribution in [3.8, 4) is 0 Å². The Labute approximate surface area is 141 Å². The molecule has 0 aliphatic heterocycles. The van der Waals surface area contributed by atoms with Crippen molar-refractivity contribution in [2.24, 2.45) is 5.10 Å². The number of nitrogens with one attached hydrogen (secondary N) is 1. The van der Waals surface area contributed by atoms with Gasteiger partial charge in [-0.05, 0) is 36.9 Å². The smallest absolute Gasteiger partial charge is 0.277 e. The van der Waals surface area contributed by atoms with Crippen LogP contribution in [0.15, 0.2) is 29.4 Å². The van der Waals surface area contributed by atoms with E-state index in [2.05, 4.69) is 17.9 Å². The molecule has 24 heavy (non-hydrogen) atoms. The van der Waals surface area contributed by atoms with Gasteiger partial charge in [0.25, 0.3) is 5.91 Å². The summed E-state index contributed by atoms with van der Waals surface area (Å²) in [5.41, 5.74) is 1.32. The zero-order chi connectivity index (χ0) is 18.3. The van der Waals surface area contributed by atoms with Gasteiger partial charge in [0.05, 0.1) is 11.8 Å². The highest BCUT2D eigenvalue weighted by Gasteiger charge is 2.30. The number of hydrazine groups is 1. The standard InChI is InChI=1S/C13H15F3N4O3S/c1-2-4-11(21)19(23)12(22)20(24)18-17-8-9-5-3-6-10(7-9)13(14,15)16/h3,5-8,18,23-24H,2,4H2,1H3/b17-8+. The number of halogens is 3. The van der Waals surface area contributed by atoms with Crippen LogP contribution in [-0.4, -0.2) is 32.8 Å². The monoisotopic (exact) mass is 364 g/mol. The van der Waals surface area contributed by atoms with Gasteiger partial charge in [0.1, 0.15) is 0 Å². The predicted octanol–water partition coefficient (Wildman–Crippen LogP) is 2.83. The Kier molecular flexibility index (Phi) is 7.04. The molecule has 0 saturated heterocycles. The van der Waals surface area contributed by atoms with Crippen LogP contribution in [0.4, 0.5) is 18.0 Å². The van der Waals surface area contributed by atoms with Crippen LogP contribution in [0.1, 0.15) is 30.9 Å². The highest BCUT2D eigenvalue weighted by Crippen LogP contribution is 2.29. The number of carbonyl (C=O) groups excluding carboxylic acids is 2. The minimum absolute atomic E-state index is 0.0443. The summed E-state index contributed by atoms with van der Waals surface area (Å²) in [6, 6.07) is 3.13. The molecule has 7 nitrogen and oxygen atoms in total. The van der Waals surface area contributed by atoms with Crippen LogP contribution < -0.4 is 5.53 Å². The number of imide groups is 1. The molecule has 0 atom stereocenters. The van der Waals surface area contributed by atoms with Crippen LogP contribution >= 0.6 is 12.8 Å². The molecule has 0 bridgehead atoms. The molecule has 1 rings (SSSR count). The zero-order valence-corrected chi connectivity index (χ0v) is 13.4. The number of alkyl halides is 3. The molecule has 0 heterocycles. The highest BCUT2D eigenvalue weighted by molar-refractivity contribution is 7.78. The number of hydroxylamine groups is 2. The van der Waals surface area contributed by atoms with Crippen molar-refractivity contribution in [2.45, 2.75) is 25.9 Å². The second kappa shape index (κ2) is 8.55. The van der Waals surface area contributed by atoms with Crippen molar-refractivity contribution < 1.29 is 28.0 Å². The van der Waals surface area contributed by atoms with Crippen LogP contribution in [0, 0.1) is 0 Å². The molecule has 0 aromatic heterocycles. The van der Waals surface area contributed by atoms with E-state index in [0.717, 1.165) is 18.3 Å². The van der Waals surface area contributed by atoms with Gasteiger partial charge in [0.2, 0.25) is 0 Å². The number of rotatable bonds is 5. The lowest BCUT2D eigenvalue weighted by atomic mass is 10.1. The third-order valence-corrected chi connectivity index (χ3v) is 2.90. The van der Waals surface area contributed by atoms with Crippen molar-refractivity contribution >= 4 is 31.0 Å². The molecule has 1 aromatic rings. The Morgan fingerprint density at radius 2 is 2.08 bits per heavy atom. The highest BCUT2D eigenvalue weighted by atomic mass is 32.1. The average molecular weight is 364 g/mol. The summed E-state index contributed by atoms with van der Waals surface area (Å²) in [5.74, 6) is -0.829. The first-order valence-electron chi connectivity index (χ1n) is 6.67. The largest absolute Gasteiger partial charge is 0.416 e. The fraction of sp³-hybridized carbons (Fsp3) is 0.308. The van der Waals surface area contributed by atoms with Gasteiger partial charge >= 0.3 is 12.2 Å². The van der Waals surface area contributed by atoms with Crippen LogP contribution in [0.2, 0.25) is 0 Å². The minimum atomic E-state index is -4.49. The van der Waals surface area contributed by atoms with E-state index in [4.69, 9.17) is 0 Å². The van der Waals surface area contributed by atoms with Gasteiger partial charge in [-0.15, -0.1) is 5.06 Å². The molecule has 0 saturated carbocycles. The Hall–Kier alpha value is -2.27. The zero-order valence-electron chi connectivity index (χ0n) is 12.5. The fourth-order valence-corrected chi connectivity index (χ4v) is 1.65. The van der Waals surface area contributed by atoms with Crippen LogP contribution in [0.25, 0.3) is 0 Å².